The van der Waals surface area contributed by atoms with Gasteiger partial charge in [0.25, 0.3) is 0 Å². The predicted octanol–water partition coefficient (Wildman–Crippen LogP) is 0.403. The summed E-state index contributed by atoms with van der Waals surface area (Å²) in [7, 11) is 0. The average molecular weight is 245 g/mol. The largest absolute Gasteiger partial charge is 0.366 e. The molecule has 1 atom stereocenters. The van der Waals surface area contributed by atoms with Crippen LogP contribution in [-0.4, -0.2) is 24.5 Å². The number of Topliss-reactive ketones (excluding diaryl/α,β-unsaturated/α-hetero) is 1. The molecule has 1 rings (SSSR count). The van der Waals surface area contributed by atoms with Crippen LogP contribution in [0.25, 0.3) is 0 Å². The minimum absolute atomic E-state index is 0.0901. The standard InChI is InChI=1S/C10H13ClN2O3/c1-5(14)4-16-10-7(9(12)15)3-8(11)6(2)13-10/h3,10,13H,4H2,1-2H3,(H2,12,15)/t10-/m0/s1. The van der Waals surface area contributed by atoms with Crippen LogP contribution in [-0.2, 0) is 14.3 Å². The van der Waals surface area contributed by atoms with Gasteiger partial charge in [-0.05, 0) is 19.9 Å². The van der Waals surface area contributed by atoms with Crippen LogP contribution in [0, 0.1) is 0 Å². The van der Waals surface area contributed by atoms with Gasteiger partial charge in [-0.3, -0.25) is 9.59 Å². The first kappa shape index (κ1) is 12.7. The minimum Gasteiger partial charge on any atom is -0.366 e. The summed E-state index contributed by atoms with van der Waals surface area (Å²) in [5.41, 5.74) is 6.05. The summed E-state index contributed by atoms with van der Waals surface area (Å²) >= 11 is 5.84. The van der Waals surface area contributed by atoms with Crippen LogP contribution in [0.3, 0.4) is 0 Å². The van der Waals surface area contributed by atoms with E-state index in [4.69, 9.17) is 22.1 Å². The lowest BCUT2D eigenvalue weighted by molar-refractivity contribution is -0.125. The summed E-state index contributed by atoms with van der Waals surface area (Å²) < 4.78 is 5.21. The third-order valence-corrected chi connectivity index (χ3v) is 2.40. The number of dihydropyridines is 1. The molecule has 0 saturated carbocycles. The Bertz CT molecular complexity index is 388. The third-order valence-electron chi connectivity index (χ3n) is 2.01. The number of rotatable bonds is 4. The van der Waals surface area contributed by atoms with Crippen LogP contribution in [0.15, 0.2) is 22.4 Å². The number of hydrogen-bond acceptors (Lipinski definition) is 4. The molecular formula is C10H13ClN2O3. The van der Waals surface area contributed by atoms with E-state index in [0.29, 0.717) is 10.7 Å². The van der Waals surface area contributed by atoms with Crippen molar-refractivity contribution >= 4 is 23.3 Å². The van der Waals surface area contributed by atoms with E-state index in [1.807, 2.05) is 0 Å². The Morgan fingerprint density at radius 1 is 1.62 bits per heavy atom. The van der Waals surface area contributed by atoms with Crippen molar-refractivity contribution in [2.24, 2.45) is 5.73 Å². The Kier molecular flexibility index (Phi) is 4.09. The topological polar surface area (TPSA) is 81.4 Å². The van der Waals surface area contributed by atoms with E-state index in [9.17, 15) is 9.59 Å². The molecule has 1 heterocycles. The number of hydrogen-bond donors (Lipinski definition) is 2. The fourth-order valence-electron chi connectivity index (χ4n) is 1.20. The smallest absolute Gasteiger partial charge is 0.249 e. The lowest BCUT2D eigenvalue weighted by Crippen LogP contribution is -2.40. The van der Waals surface area contributed by atoms with E-state index in [1.54, 1.807) is 6.92 Å². The lowest BCUT2D eigenvalue weighted by atomic mass is 10.1. The predicted molar refractivity (Wildman–Crippen MR) is 59.4 cm³/mol. The second-order valence-electron chi connectivity index (χ2n) is 3.47. The van der Waals surface area contributed by atoms with Gasteiger partial charge in [-0.1, -0.05) is 11.6 Å². The van der Waals surface area contributed by atoms with Crippen molar-refractivity contribution in [1.29, 1.82) is 0 Å². The fraction of sp³-hybridized carbons (Fsp3) is 0.400. The molecule has 0 fully saturated rings. The van der Waals surface area contributed by atoms with Gasteiger partial charge in [-0.15, -0.1) is 0 Å². The maximum Gasteiger partial charge on any atom is 0.249 e. The van der Waals surface area contributed by atoms with Gasteiger partial charge in [0.1, 0.15) is 6.61 Å². The Morgan fingerprint density at radius 3 is 2.75 bits per heavy atom. The van der Waals surface area contributed by atoms with Gasteiger partial charge in [0.15, 0.2) is 12.0 Å². The zero-order chi connectivity index (χ0) is 12.3. The number of amides is 1. The second-order valence-corrected chi connectivity index (χ2v) is 3.88. The maximum absolute atomic E-state index is 11.1. The first-order valence-corrected chi connectivity index (χ1v) is 5.05. The van der Waals surface area contributed by atoms with Crippen LogP contribution in [0.4, 0.5) is 0 Å². The number of ketones is 1. The van der Waals surface area contributed by atoms with Crippen LogP contribution in [0.1, 0.15) is 13.8 Å². The number of primary amides is 1. The molecule has 0 unspecified atom stereocenters. The van der Waals surface area contributed by atoms with E-state index < -0.39 is 12.1 Å². The molecule has 1 aliphatic rings. The number of nitrogens with two attached hydrogens (primary N) is 1. The highest BCUT2D eigenvalue weighted by atomic mass is 35.5. The van der Waals surface area contributed by atoms with Gasteiger partial charge in [-0.25, -0.2) is 0 Å². The Morgan fingerprint density at radius 2 is 2.25 bits per heavy atom. The van der Waals surface area contributed by atoms with Gasteiger partial charge in [0.05, 0.1) is 10.6 Å². The molecule has 88 valence electrons. The first-order valence-electron chi connectivity index (χ1n) is 4.67. The summed E-state index contributed by atoms with van der Waals surface area (Å²) in [5, 5.41) is 3.26. The highest BCUT2D eigenvalue weighted by molar-refractivity contribution is 6.32. The van der Waals surface area contributed by atoms with Crippen LogP contribution >= 0.6 is 11.6 Å². The average Bonchev–Trinajstić information content (AvgIpc) is 2.18. The van der Waals surface area contributed by atoms with Crippen molar-refractivity contribution in [3.63, 3.8) is 0 Å². The minimum atomic E-state index is -0.719. The monoisotopic (exact) mass is 244 g/mol. The van der Waals surface area contributed by atoms with Crippen molar-refractivity contribution < 1.29 is 14.3 Å². The van der Waals surface area contributed by atoms with Gasteiger partial charge >= 0.3 is 0 Å². The number of ether oxygens (including phenoxy) is 1. The molecule has 0 bridgehead atoms. The zero-order valence-electron chi connectivity index (χ0n) is 9.04. The fourth-order valence-corrected chi connectivity index (χ4v) is 1.37. The molecule has 16 heavy (non-hydrogen) atoms. The van der Waals surface area contributed by atoms with E-state index in [2.05, 4.69) is 5.32 Å². The Balaban J connectivity index is 2.83. The number of nitrogens with one attached hydrogen (secondary N) is 1. The molecule has 5 nitrogen and oxygen atoms in total. The summed E-state index contributed by atoms with van der Waals surface area (Å²) in [5.74, 6) is -0.768. The molecule has 3 N–H and O–H groups in total. The highest BCUT2D eigenvalue weighted by Gasteiger charge is 2.24. The van der Waals surface area contributed by atoms with E-state index in [0.717, 1.165) is 0 Å². The first-order chi connectivity index (χ1) is 7.41. The molecule has 0 aromatic heterocycles. The van der Waals surface area contributed by atoms with Gasteiger partial charge in [-0.2, -0.15) is 0 Å². The molecule has 1 aliphatic heterocycles. The quantitative estimate of drug-likeness (QED) is 0.750. The maximum atomic E-state index is 11.1. The Hall–Kier alpha value is -1.33. The SMILES string of the molecule is CC(=O)CO[C@@H]1NC(C)=C(Cl)C=C1C(N)=O. The molecule has 0 radical (unpaired) electrons. The number of carbonyl (C=O) groups is 2. The summed E-state index contributed by atoms with van der Waals surface area (Å²) in [6.45, 7) is 3.04. The van der Waals surface area contributed by atoms with Crippen LogP contribution in [0.5, 0.6) is 0 Å². The highest BCUT2D eigenvalue weighted by Crippen LogP contribution is 2.20. The van der Waals surface area contributed by atoms with Crippen LogP contribution in [0.2, 0.25) is 0 Å². The second kappa shape index (κ2) is 5.14. The molecular weight excluding hydrogens is 232 g/mol. The zero-order valence-corrected chi connectivity index (χ0v) is 9.80. The molecule has 0 aromatic carbocycles. The molecule has 1 amide bonds. The van der Waals surface area contributed by atoms with Gasteiger partial charge in [0.2, 0.25) is 5.91 Å². The third kappa shape index (κ3) is 3.08. The van der Waals surface area contributed by atoms with E-state index in [1.165, 1.54) is 13.0 Å². The van der Waals surface area contributed by atoms with Crippen LogP contribution < -0.4 is 11.1 Å². The van der Waals surface area contributed by atoms with Crippen molar-refractivity contribution in [1.82, 2.24) is 5.32 Å². The molecule has 0 aromatic rings. The summed E-state index contributed by atoms with van der Waals surface area (Å²) in [4.78, 5) is 21.9. The lowest BCUT2D eigenvalue weighted by Gasteiger charge is -2.25. The van der Waals surface area contributed by atoms with Crippen molar-refractivity contribution in [3.8, 4) is 0 Å². The Labute approximate surface area is 98.3 Å². The van der Waals surface area contributed by atoms with E-state index in [-0.39, 0.29) is 18.0 Å². The molecule has 0 aliphatic carbocycles. The summed E-state index contributed by atoms with van der Waals surface area (Å²) in [6.07, 6.45) is 0.726. The number of allylic oxidation sites excluding steroid dienone is 3. The van der Waals surface area contributed by atoms with Crippen molar-refractivity contribution in [3.05, 3.63) is 22.4 Å². The summed E-state index contributed by atoms with van der Waals surface area (Å²) in [6, 6.07) is 0. The molecule has 0 spiro atoms. The number of halogens is 1. The molecule has 0 saturated heterocycles. The number of carbonyl (C=O) groups excluding carboxylic acids is 2. The molecule has 6 heteroatoms. The van der Waals surface area contributed by atoms with Gasteiger partial charge in [0, 0.05) is 5.70 Å². The van der Waals surface area contributed by atoms with E-state index >= 15 is 0 Å². The van der Waals surface area contributed by atoms with Crippen molar-refractivity contribution in [2.45, 2.75) is 20.1 Å². The normalized spacial score (nSPS) is 20.2. The van der Waals surface area contributed by atoms with Gasteiger partial charge < -0.3 is 15.8 Å². The van der Waals surface area contributed by atoms with Crippen molar-refractivity contribution in [2.75, 3.05) is 6.61 Å².